The zero-order chi connectivity index (χ0) is 14.7. The molecule has 0 bridgehead atoms. The van der Waals surface area contributed by atoms with Crippen LogP contribution in [0.25, 0.3) is 0 Å². The average molecular weight is 344 g/mol. The second kappa shape index (κ2) is 6.05. The van der Waals surface area contributed by atoms with Crippen LogP contribution in [0.2, 0.25) is 0 Å². The van der Waals surface area contributed by atoms with Crippen LogP contribution >= 0.6 is 0 Å². The fourth-order valence-corrected chi connectivity index (χ4v) is 4.33. The zero-order valence-corrected chi connectivity index (χ0v) is 14.1. The second-order valence-corrected chi connectivity index (χ2v) is 7.89. The third kappa shape index (κ3) is 3.55. The molecular weight excluding hydrogens is 325 g/mol. The predicted molar refractivity (Wildman–Crippen MR) is 88.5 cm³/mol. The monoisotopic (exact) mass is 345 g/mol. The summed E-state index contributed by atoms with van der Waals surface area (Å²) in [6.07, 6.45) is 0. The van der Waals surface area contributed by atoms with Crippen LogP contribution in [0, 0.1) is 0 Å². The van der Waals surface area contributed by atoms with Crippen LogP contribution in [0.1, 0.15) is 25.0 Å². The zero-order valence-electron chi connectivity index (χ0n) is 12.4. The van der Waals surface area contributed by atoms with Crippen LogP contribution in [0.3, 0.4) is 0 Å². The van der Waals surface area contributed by atoms with Gasteiger partial charge in [0.1, 0.15) is 0 Å². The summed E-state index contributed by atoms with van der Waals surface area (Å²) < 4.78 is 7.35. The molecule has 1 heterocycles. The van der Waals surface area contributed by atoms with Gasteiger partial charge in [-0.15, -0.1) is 0 Å². The third-order valence-electron chi connectivity index (χ3n) is 3.33. The molecule has 0 spiro atoms. The number of hydrogen-bond acceptors (Lipinski definition) is 2. The van der Waals surface area contributed by atoms with E-state index < -0.39 is 0 Å². The van der Waals surface area contributed by atoms with Gasteiger partial charge in [-0.1, -0.05) is 0 Å². The van der Waals surface area contributed by atoms with E-state index >= 15 is 0 Å². The van der Waals surface area contributed by atoms with E-state index in [0.717, 1.165) is 17.8 Å². The molecule has 0 N–H and O–H groups in total. The molecule has 0 aromatic heterocycles. The van der Waals surface area contributed by atoms with Crippen molar-refractivity contribution in [2.24, 2.45) is 4.99 Å². The minimum absolute atomic E-state index is 0.172. The molecule has 0 aliphatic carbocycles. The third-order valence-corrected chi connectivity index (χ3v) is 5.73. The van der Waals surface area contributed by atoms with E-state index in [1.165, 1.54) is 15.6 Å². The van der Waals surface area contributed by atoms with Crippen LogP contribution in [0.5, 0.6) is 0 Å². The van der Waals surface area contributed by atoms with Crippen molar-refractivity contribution in [2.75, 3.05) is 6.54 Å². The topological polar surface area (TPSA) is 21.6 Å². The Kier molecular flexibility index (Phi) is 4.14. The molecular formula is C18H19NOSe. The molecule has 3 heteroatoms. The first-order valence-corrected chi connectivity index (χ1v) is 9.20. The van der Waals surface area contributed by atoms with Crippen LogP contribution in [0.15, 0.2) is 59.6 Å². The molecule has 0 amide bonds. The van der Waals surface area contributed by atoms with E-state index in [0.29, 0.717) is 15.0 Å². The molecule has 108 valence electrons. The Hall–Kier alpha value is -1.57. The standard InChI is InChI=1S/C18H19NOSe/c1-18(2)13-19-17(20-18)15-10-6-7-11-16(15)21-12-14-8-4-3-5-9-14/h3-11H,12-13H2,1-2H3. The molecule has 0 saturated carbocycles. The van der Waals surface area contributed by atoms with Crippen LogP contribution in [-0.2, 0) is 10.1 Å². The van der Waals surface area contributed by atoms with Gasteiger partial charge in [0.25, 0.3) is 0 Å². The van der Waals surface area contributed by atoms with Gasteiger partial charge in [-0.3, -0.25) is 0 Å². The van der Waals surface area contributed by atoms with Crippen molar-refractivity contribution >= 4 is 25.3 Å². The van der Waals surface area contributed by atoms with Gasteiger partial charge in [-0.2, -0.15) is 0 Å². The van der Waals surface area contributed by atoms with Gasteiger partial charge >= 0.3 is 132 Å². The van der Waals surface area contributed by atoms with E-state index in [-0.39, 0.29) is 5.60 Å². The summed E-state index contributed by atoms with van der Waals surface area (Å²) in [6.45, 7) is 4.91. The first-order chi connectivity index (χ1) is 10.1. The van der Waals surface area contributed by atoms with E-state index in [1.807, 2.05) is 0 Å². The summed E-state index contributed by atoms with van der Waals surface area (Å²) in [4.78, 5) is 4.58. The molecule has 2 nitrogen and oxygen atoms in total. The Morgan fingerprint density at radius 1 is 1.05 bits per heavy atom. The molecule has 0 radical (unpaired) electrons. The summed E-state index contributed by atoms with van der Waals surface area (Å²) in [5.74, 6) is 0.811. The van der Waals surface area contributed by atoms with Gasteiger partial charge < -0.3 is 0 Å². The maximum atomic E-state index is 5.99. The fourth-order valence-electron chi connectivity index (χ4n) is 2.23. The maximum absolute atomic E-state index is 5.99. The Morgan fingerprint density at radius 2 is 1.76 bits per heavy atom. The Morgan fingerprint density at radius 3 is 2.48 bits per heavy atom. The molecule has 3 rings (SSSR count). The van der Waals surface area contributed by atoms with Crippen molar-refractivity contribution < 1.29 is 4.74 Å². The number of aliphatic imine (C=N–C) groups is 1. The number of hydrogen-bond donors (Lipinski definition) is 0. The molecule has 0 saturated heterocycles. The Labute approximate surface area is 132 Å². The molecule has 2 aromatic carbocycles. The summed E-state index contributed by atoms with van der Waals surface area (Å²) in [5, 5.41) is 1.10. The first kappa shape index (κ1) is 14.4. The molecule has 1 aliphatic heterocycles. The quantitative estimate of drug-likeness (QED) is 0.782. The summed E-state index contributed by atoms with van der Waals surface area (Å²) in [7, 11) is 0. The average Bonchev–Trinajstić information content (AvgIpc) is 2.86. The van der Waals surface area contributed by atoms with Gasteiger partial charge in [-0.05, 0) is 0 Å². The van der Waals surface area contributed by atoms with Crippen LogP contribution in [0.4, 0.5) is 0 Å². The summed E-state index contributed by atoms with van der Waals surface area (Å²) in [6, 6.07) is 19.1. The van der Waals surface area contributed by atoms with Gasteiger partial charge in [0, 0.05) is 0 Å². The first-order valence-electron chi connectivity index (χ1n) is 7.14. The van der Waals surface area contributed by atoms with Gasteiger partial charge in [0.05, 0.1) is 0 Å². The Balaban J connectivity index is 1.77. The molecule has 2 aromatic rings. The van der Waals surface area contributed by atoms with Gasteiger partial charge in [0.2, 0.25) is 0 Å². The SMILES string of the molecule is CC1(C)CN=C(c2ccccc2[Se]Cc2ccccc2)O1. The van der Waals surface area contributed by atoms with E-state index in [1.54, 1.807) is 0 Å². The normalized spacial score (nSPS) is 16.4. The van der Waals surface area contributed by atoms with Crippen molar-refractivity contribution in [3.05, 3.63) is 65.7 Å². The number of rotatable bonds is 4. The van der Waals surface area contributed by atoms with Crippen molar-refractivity contribution in [1.82, 2.24) is 0 Å². The second-order valence-electron chi connectivity index (χ2n) is 5.75. The van der Waals surface area contributed by atoms with Crippen molar-refractivity contribution in [3.8, 4) is 0 Å². The summed E-state index contributed by atoms with van der Waals surface area (Å²) >= 11 is 0.385. The Bertz CT molecular complexity index is 649. The van der Waals surface area contributed by atoms with Crippen molar-refractivity contribution in [3.63, 3.8) is 0 Å². The van der Waals surface area contributed by atoms with Crippen molar-refractivity contribution in [1.29, 1.82) is 0 Å². The van der Waals surface area contributed by atoms with Gasteiger partial charge in [0.15, 0.2) is 0 Å². The number of nitrogens with zero attached hydrogens (tertiary/aromatic N) is 1. The number of benzene rings is 2. The van der Waals surface area contributed by atoms with Crippen molar-refractivity contribution in [2.45, 2.75) is 24.8 Å². The van der Waals surface area contributed by atoms with Gasteiger partial charge in [-0.25, -0.2) is 0 Å². The predicted octanol–water partition coefficient (Wildman–Crippen LogP) is 2.77. The van der Waals surface area contributed by atoms with Crippen LogP contribution in [-0.4, -0.2) is 33.0 Å². The molecule has 0 atom stereocenters. The van der Waals surface area contributed by atoms with Crippen LogP contribution < -0.4 is 4.46 Å². The van der Waals surface area contributed by atoms with E-state index in [2.05, 4.69) is 73.4 Å². The molecule has 1 aliphatic rings. The fraction of sp³-hybridized carbons (Fsp3) is 0.278. The van der Waals surface area contributed by atoms with E-state index in [4.69, 9.17) is 4.74 Å². The molecule has 0 fully saturated rings. The molecule has 0 unspecified atom stereocenters. The summed E-state index contributed by atoms with van der Waals surface area (Å²) in [5.41, 5.74) is 2.38. The number of ether oxygens (including phenoxy) is 1. The minimum atomic E-state index is -0.172. The van der Waals surface area contributed by atoms with E-state index in [9.17, 15) is 0 Å². The molecule has 21 heavy (non-hydrogen) atoms.